The zero-order valence-corrected chi connectivity index (χ0v) is 15.1. The Labute approximate surface area is 165 Å². The first-order chi connectivity index (χ1) is 14.0. The van der Waals surface area contributed by atoms with Crippen molar-refractivity contribution < 1.29 is 35.9 Å². The predicted octanol–water partition coefficient (Wildman–Crippen LogP) is 3.37. The Kier molecular flexibility index (Phi) is 5.68. The summed E-state index contributed by atoms with van der Waals surface area (Å²) in [6, 6.07) is 3.18. The molecule has 1 N–H and O–H groups in total. The van der Waals surface area contributed by atoms with Crippen molar-refractivity contribution in [3.63, 3.8) is 0 Å². The highest BCUT2D eigenvalue weighted by molar-refractivity contribution is 5.98. The van der Waals surface area contributed by atoms with E-state index in [0.29, 0.717) is 12.1 Å². The van der Waals surface area contributed by atoms with Crippen molar-refractivity contribution in [2.45, 2.75) is 18.5 Å². The molecule has 0 bridgehead atoms. The van der Waals surface area contributed by atoms with Gasteiger partial charge in [-0.25, -0.2) is 23.1 Å². The maximum Gasteiger partial charge on any atom is 0.416 e. The van der Waals surface area contributed by atoms with Crippen LogP contribution >= 0.6 is 0 Å². The molecule has 0 aliphatic heterocycles. The third-order valence-electron chi connectivity index (χ3n) is 4.35. The molecule has 30 heavy (non-hydrogen) atoms. The zero-order valence-electron chi connectivity index (χ0n) is 15.1. The third-order valence-corrected chi connectivity index (χ3v) is 4.35. The van der Waals surface area contributed by atoms with Crippen LogP contribution in [0.15, 0.2) is 36.7 Å². The van der Waals surface area contributed by atoms with Gasteiger partial charge in [0.05, 0.1) is 18.0 Å². The lowest BCUT2D eigenvalue weighted by molar-refractivity contribution is -0.137. The standard InChI is InChI=1S/C18H14F6N4O2/c19-13-6-25-16(26-7-13)27-14(29)9-28(8-12-5-17(12,20)21)15(30)10-1-3-11(4-2-10)18(22,23)24/h1-4,6-7,12H,5,8-9H2,(H,25,26,27,29). The fraction of sp³-hybridized carbons (Fsp3) is 0.333. The number of carbonyl (C=O) groups is 2. The van der Waals surface area contributed by atoms with Gasteiger partial charge in [0.15, 0.2) is 5.82 Å². The van der Waals surface area contributed by atoms with E-state index >= 15 is 0 Å². The zero-order chi connectivity index (χ0) is 22.1. The number of aromatic nitrogens is 2. The Balaban J connectivity index is 1.73. The van der Waals surface area contributed by atoms with Crippen LogP contribution in [0.3, 0.4) is 0 Å². The molecule has 1 unspecified atom stereocenters. The minimum Gasteiger partial charge on any atom is -0.329 e. The van der Waals surface area contributed by atoms with E-state index in [4.69, 9.17) is 0 Å². The topological polar surface area (TPSA) is 75.2 Å². The summed E-state index contributed by atoms with van der Waals surface area (Å²) >= 11 is 0. The second-order valence-electron chi connectivity index (χ2n) is 6.70. The molecule has 1 fully saturated rings. The summed E-state index contributed by atoms with van der Waals surface area (Å²) in [6.45, 7) is -1.14. The number of benzene rings is 1. The van der Waals surface area contributed by atoms with Crippen LogP contribution < -0.4 is 5.32 Å². The second kappa shape index (κ2) is 7.92. The van der Waals surface area contributed by atoms with Crippen LogP contribution in [-0.4, -0.2) is 45.7 Å². The number of alkyl halides is 5. The van der Waals surface area contributed by atoms with Crippen LogP contribution in [0.4, 0.5) is 32.3 Å². The fourth-order valence-corrected chi connectivity index (χ4v) is 2.65. The van der Waals surface area contributed by atoms with Gasteiger partial charge < -0.3 is 4.90 Å². The van der Waals surface area contributed by atoms with E-state index in [1.807, 2.05) is 0 Å². The number of hydrogen-bond acceptors (Lipinski definition) is 4. The minimum absolute atomic E-state index is 0.196. The molecule has 1 saturated carbocycles. The van der Waals surface area contributed by atoms with E-state index in [-0.39, 0.29) is 11.5 Å². The molecule has 1 aromatic heterocycles. The predicted molar refractivity (Wildman–Crippen MR) is 91.0 cm³/mol. The van der Waals surface area contributed by atoms with E-state index in [1.54, 1.807) is 0 Å². The fourth-order valence-electron chi connectivity index (χ4n) is 2.65. The molecule has 160 valence electrons. The summed E-state index contributed by atoms with van der Waals surface area (Å²) in [7, 11) is 0. The molecule has 0 saturated heterocycles. The normalized spacial score (nSPS) is 17.3. The molecular formula is C18H14F6N4O2. The molecule has 0 radical (unpaired) electrons. The summed E-state index contributed by atoms with van der Waals surface area (Å²) in [6.07, 6.45) is -3.49. The number of carbonyl (C=O) groups excluding carboxylic acids is 2. The highest BCUT2D eigenvalue weighted by Crippen LogP contribution is 2.49. The maximum atomic E-state index is 13.3. The highest BCUT2D eigenvalue weighted by Gasteiger charge is 2.57. The van der Waals surface area contributed by atoms with Crippen LogP contribution in [0.1, 0.15) is 22.3 Å². The van der Waals surface area contributed by atoms with Gasteiger partial charge in [-0.2, -0.15) is 13.2 Å². The van der Waals surface area contributed by atoms with Gasteiger partial charge in [-0.05, 0) is 24.3 Å². The maximum absolute atomic E-state index is 13.3. The largest absolute Gasteiger partial charge is 0.416 e. The Morgan fingerprint density at radius 2 is 1.70 bits per heavy atom. The van der Waals surface area contributed by atoms with E-state index in [1.165, 1.54) is 0 Å². The van der Waals surface area contributed by atoms with Crippen molar-refractivity contribution in [2.75, 3.05) is 18.4 Å². The van der Waals surface area contributed by atoms with Crippen molar-refractivity contribution in [2.24, 2.45) is 5.92 Å². The quantitative estimate of drug-likeness (QED) is 0.711. The Morgan fingerprint density at radius 3 is 2.20 bits per heavy atom. The van der Waals surface area contributed by atoms with Crippen LogP contribution in [-0.2, 0) is 11.0 Å². The minimum atomic E-state index is -4.60. The number of halogens is 6. The molecule has 2 aromatic rings. The molecule has 0 spiro atoms. The van der Waals surface area contributed by atoms with Crippen molar-refractivity contribution in [1.29, 1.82) is 0 Å². The lowest BCUT2D eigenvalue weighted by Crippen LogP contribution is -2.40. The van der Waals surface area contributed by atoms with Gasteiger partial charge in [-0.3, -0.25) is 14.9 Å². The lowest BCUT2D eigenvalue weighted by atomic mass is 10.1. The number of amides is 2. The third kappa shape index (κ3) is 5.24. The number of nitrogens with one attached hydrogen (secondary N) is 1. The van der Waals surface area contributed by atoms with E-state index < -0.39 is 60.7 Å². The molecule has 1 heterocycles. The number of hydrogen-bond donors (Lipinski definition) is 1. The van der Waals surface area contributed by atoms with Gasteiger partial charge in [0.25, 0.3) is 11.8 Å². The Bertz CT molecular complexity index is 931. The second-order valence-corrected chi connectivity index (χ2v) is 6.70. The Morgan fingerprint density at radius 1 is 1.13 bits per heavy atom. The first kappa shape index (κ1) is 21.5. The van der Waals surface area contributed by atoms with Crippen LogP contribution in [0, 0.1) is 11.7 Å². The molecule has 2 amide bonds. The van der Waals surface area contributed by atoms with Gasteiger partial charge >= 0.3 is 6.18 Å². The smallest absolute Gasteiger partial charge is 0.329 e. The van der Waals surface area contributed by atoms with Crippen molar-refractivity contribution >= 4 is 17.8 Å². The average molecular weight is 432 g/mol. The molecule has 1 atom stereocenters. The average Bonchev–Trinajstić information content (AvgIpc) is 3.27. The summed E-state index contributed by atoms with van der Waals surface area (Å²) in [5.41, 5.74) is -1.18. The summed E-state index contributed by atoms with van der Waals surface area (Å²) in [4.78, 5) is 32.7. The molecule has 12 heteroatoms. The van der Waals surface area contributed by atoms with E-state index in [0.717, 1.165) is 29.4 Å². The van der Waals surface area contributed by atoms with Gasteiger partial charge in [-0.15, -0.1) is 0 Å². The number of rotatable bonds is 6. The van der Waals surface area contributed by atoms with Gasteiger partial charge in [0, 0.05) is 24.4 Å². The van der Waals surface area contributed by atoms with Crippen LogP contribution in [0.2, 0.25) is 0 Å². The number of nitrogens with zero attached hydrogens (tertiary/aromatic N) is 3. The molecule has 1 aromatic carbocycles. The summed E-state index contributed by atoms with van der Waals surface area (Å²) < 4.78 is 77.5. The molecule has 6 nitrogen and oxygen atoms in total. The number of anilines is 1. The first-order valence-corrected chi connectivity index (χ1v) is 8.57. The van der Waals surface area contributed by atoms with E-state index in [9.17, 15) is 35.9 Å². The Hall–Kier alpha value is -3.18. The summed E-state index contributed by atoms with van der Waals surface area (Å²) in [5.74, 6) is -6.88. The first-order valence-electron chi connectivity index (χ1n) is 8.57. The summed E-state index contributed by atoms with van der Waals surface area (Å²) in [5, 5.41) is 2.19. The van der Waals surface area contributed by atoms with Crippen molar-refractivity contribution in [1.82, 2.24) is 14.9 Å². The van der Waals surface area contributed by atoms with Gasteiger partial charge in [0.1, 0.15) is 6.54 Å². The van der Waals surface area contributed by atoms with Gasteiger partial charge in [0.2, 0.25) is 11.9 Å². The van der Waals surface area contributed by atoms with Gasteiger partial charge in [-0.1, -0.05) is 0 Å². The van der Waals surface area contributed by atoms with Crippen molar-refractivity contribution in [3.8, 4) is 0 Å². The van der Waals surface area contributed by atoms with E-state index in [2.05, 4.69) is 15.3 Å². The molecule has 1 aliphatic rings. The van der Waals surface area contributed by atoms with Crippen LogP contribution in [0.5, 0.6) is 0 Å². The van der Waals surface area contributed by atoms with Crippen LogP contribution in [0.25, 0.3) is 0 Å². The monoisotopic (exact) mass is 432 g/mol. The molecular weight excluding hydrogens is 418 g/mol. The lowest BCUT2D eigenvalue weighted by Gasteiger charge is -2.22. The SMILES string of the molecule is O=C(CN(CC1CC1(F)F)C(=O)c1ccc(C(F)(F)F)cc1)Nc1ncc(F)cn1. The molecule has 1 aliphatic carbocycles. The molecule has 3 rings (SSSR count). The highest BCUT2D eigenvalue weighted by atomic mass is 19.4. The van der Waals surface area contributed by atoms with Crippen molar-refractivity contribution in [3.05, 3.63) is 53.6 Å².